The summed E-state index contributed by atoms with van der Waals surface area (Å²) < 4.78 is 5.29. The molecule has 0 radical (unpaired) electrons. The lowest BCUT2D eigenvalue weighted by atomic mass is 9.99. The van der Waals surface area contributed by atoms with E-state index in [1.165, 1.54) is 0 Å². The minimum Gasteiger partial charge on any atom is -0.466 e. The number of hydrazine groups is 1. The van der Waals surface area contributed by atoms with Crippen LogP contribution in [-0.2, 0) is 4.79 Å². The van der Waals surface area contributed by atoms with Crippen molar-refractivity contribution >= 4 is 11.8 Å². The second-order valence-electron chi connectivity index (χ2n) is 5.02. The Kier molecular flexibility index (Phi) is 6.28. The number of carbonyl (C=O) groups is 2. The maximum Gasteiger partial charge on any atom is 0.273 e. The molecule has 0 aliphatic heterocycles. The van der Waals surface area contributed by atoms with Crippen molar-refractivity contribution in [3.63, 3.8) is 0 Å². The van der Waals surface area contributed by atoms with Gasteiger partial charge in [0.1, 0.15) is 11.5 Å². The third kappa shape index (κ3) is 4.40. The Bertz CT molecular complexity index is 466. The summed E-state index contributed by atoms with van der Waals surface area (Å²) in [6.07, 6.45) is 3.69. The summed E-state index contributed by atoms with van der Waals surface area (Å²) in [5, 5.41) is 0. The van der Waals surface area contributed by atoms with Crippen molar-refractivity contribution in [3.8, 4) is 0 Å². The van der Waals surface area contributed by atoms with Crippen LogP contribution in [0.2, 0.25) is 0 Å². The fourth-order valence-corrected chi connectivity index (χ4v) is 2.12. The third-order valence-corrected chi connectivity index (χ3v) is 3.35. The van der Waals surface area contributed by atoms with Gasteiger partial charge in [-0.25, -0.2) is 0 Å². The highest BCUT2D eigenvalue weighted by molar-refractivity contribution is 5.96. The normalized spacial score (nSPS) is 12.0. The van der Waals surface area contributed by atoms with Crippen LogP contribution in [0.1, 0.15) is 61.4 Å². The van der Waals surface area contributed by atoms with E-state index in [1.54, 1.807) is 19.9 Å². The monoisotopic (exact) mass is 280 g/mol. The zero-order chi connectivity index (χ0) is 15.1. The molecule has 0 aliphatic rings. The van der Waals surface area contributed by atoms with E-state index < -0.39 is 0 Å². The lowest BCUT2D eigenvalue weighted by Gasteiger charge is -2.14. The molecule has 1 rings (SSSR count). The van der Waals surface area contributed by atoms with Crippen molar-refractivity contribution in [2.45, 2.75) is 53.4 Å². The van der Waals surface area contributed by atoms with Crippen LogP contribution in [-0.4, -0.2) is 11.8 Å². The van der Waals surface area contributed by atoms with Crippen molar-refractivity contribution in [1.82, 2.24) is 10.9 Å². The first-order chi connectivity index (χ1) is 9.49. The molecule has 1 heterocycles. The van der Waals surface area contributed by atoms with E-state index in [0.717, 1.165) is 25.7 Å². The van der Waals surface area contributed by atoms with Crippen LogP contribution in [0.25, 0.3) is 0 Å². The van der Waals surface area contributed by atoms with Crippen LogP contribution in [0.4, 0.5) is 0 Å². The van der Waals surface area contributed by atoms with E-state index in [2.05, 4.69) is 17.8 Å². The Hall–Kier alpha value is -1.78. The zero-order valence-electron chi connectivity index (χ0n) is 12.7. The van der Waals surface area contributed by atoms with Crippen LogP contribution in [0.5, 0.6) is 0 Å². The maximum atomic E-state index is 12.0. The van der Waals surface area contributed by atoms with Gasteiger partial charge in [0.15, 0.2) is 0 Å². The van der Waals surface area contributed by atoms with Crippen molar-refractivity contribution in [1.29, 1.82) is 0 Å². The number of rotatable bonds is 6. The SMILES string of the molecule is CCCCC(CC)C(=O)NNC(=O)c1cc(C)oc1C. The molecule has 0 fully saturated rings. The lowest BCUT2D eigenvalue weighted by Crippen LogP contribution is -2.44. The topological polar surface area (TPSA) is 71.3 Å². The molecule has 20 heavy (non-hydrogen) atoms. The van der Waals surface area contributed by atoms with Gasteiger partial charge in [-0.15, -0.1) is 0 Å². The number of unbranched alkanes of at least 4 members (excludes halogenated alkanes) is 1. The molecule has 112 valence electrons. The molecule has 1 unspecified atom stereocenters. The number of amides is 2. The first-order valence-corrected chi connectivity index (χ1v) is 7.16. The van der Waals surface area contributed by atoms with Gasteiger partial charge >= 0.3 is 0 Å². The van der Waals surface area contributed by atoms with Crippen molar-refractivity contribution in [2.75, 3.05) is 0 Å². The summed E-state index contributed by atoms with van der Waals surface area (Å²) in [4.78, 5) is 23.9. The van der Waals surface area contributed by atoms with Gasteiger partial charge in [-0.1, -0.05) is 26.7 Å². The number of furan rings is 1. The van der Waals surface area contributed by atoms with Gasteiger partial charge < -0.3 is 4.42 Å². The molecular weight excluding hydrogens is 256 g/mol. The van der Waals surface area contributed by atoms with Gasteiger partial charge in [-0.2, -0.15) is 0 Å². The number of hydrogen-bond donors (Lipinski definition) is 2. The highest BCUT2D eigenvalue weighted by Crippen LogP contribution is 2.14. The predicted molar refractivity (Wildman–Crippen MR) is 77.1 cm³/mol. The van der Waals surface area contributed by atoms with Crippen LogP contribution in [0.15, 0.2) is 10.5 Å². The number of nitrogens with one attached hydrogen (secondary N) is 2. The standard InChI is InChI=1S/C15H24N2O3/c1-5-7-8-12(6-2)14(18)16-17-15(19)13-9-10(3)20-11(13)4/h9,12H,5-8H2,1-4H3,(H,16,18)(H,17,19). The summed E-state index contributed by atoms with van der Waals surface area (Å²) >= 11 is 0. The van der Waals surface area contributed by atoms with Crippen LogP contribution in [0, 0.1) is 19.8 Å². The van der Waals surface area contributed by atoms with E-state index in [0.29, 0.717) is 17.1 Å². The van der Waals surface area contributed by atoms with E-state index in [-0.39, 0.29) is 17.7 Å². The predicted octanol–water partition coefficient (Wildman–Crippen LogP) is 2.87. The molecule has 1 aromatic heterocycles. The Morgan fingerprint density at radius 1 is 1.25 bits per heavy atom. The second kappa shape index (κ2) is 7.72. The highest BCUT2D eigenvalue weighted by Gasteiger charge is 2.18. The fourth-order valence-electron chi connectivity index (χ4n) is 2.12. The lowest BCUT2D eigenvalue weighted by molar-refractivity contribution is -0.126. The summed E-state index contributed by atoms with van der Waals surface area (Å²) in [5.41, 5.74) is 5.39. The molecule has 1 atom stereocenters. The summed E-state index contributed by atoms with van der Waals surface area (Å²) in [6.45, 7) is 7.57. The third-order valence-electron chi connectivity index (χ3n) is 3.35. The van der Waals surface area contributed by atoms with Crippen molar-refractivity contribution in [2.24, 2.45) is 5.92 Å². The molecule has 0 saturated carbocycles. The summed E-state index contributed by atoms with van der Waals surface area (Å²) in [5.74, 6) is 0.688. The molecule has 0 aliphatic carbocycles. The smallest absolute Gasteiger partial charge is 0.273 e. The van der Waals surface area contributed by atoms with Crippen molar-refractivity contribution in [3.05, 3.63) is 23.2 Å². The molecule has 0 saturated heterocycles. The largest absolute Gasteiger partial charge is 0.466 e. The van der Waals surface area contributed by atoms with Gasteiger partial charge in [-0.3, -0.25) is 20.4 Å². The second-order valence-corrected chi connectivity index (χ2v) is 5.02. The average Bonchev–Trinajstić information content (AvgIpc) is 2.76. The Balaban J connectivity index is 2.51. The van der Waals surface area contributed by atoms with E-state index in [4.69, 9.17) is 4.42 Å². The summed E-state index contributed by atoms with van der Waals surface area (Å²) in [6, 6.07) is 1.66. The Morgan fingerprint density at radius 2 is 1.95 bits per heavy atom. The number of hydrogen-bond acceptors (Lipinski definition) is 3. The molecule has 0 bridgehead atoms. The first-order valence-electron chi connectivity index (χ1n) is 7.16. The highest BCUT2D eigenvalue weighted by atomic mass is 16.3. The van der Waals surface area contributed by atoms with Gasteiger partial charge in [0.25, 0.3) is 5.91 Å². The molecule has 0 spiro atoms. The number of carbonyl (C=O) groups excluding carboxylic acids is 2. The molecule has 1 aromatic rings. The minimum atomic E-state index is -0.349. The van der Waals surface area contributed by atoms with Crippen molar-refractivity contribution < 1.29 is 14.0 Å². The first kappa shape index (κ1) is 16.3. The van der Waals surface area contributed by atoms with E-state index >= 15 is 0 Å². The van der Waals surface area contributed by atoms with E-state index in [1.807, 2.05) is 6.92 Å². The number of aryl methyl sites for hydroxylation is 2. The van der Waals surface area contributed by atoms with Gasteiger partial charge in [0.05, 0.1) is 5.56 Å². The van der Waals surface area contributed by atoms with Crippen LogP contribution >= 0.6 is 0 Å². The molecule has 2 N–H and O–H groups in total. The molecule has 2 amide bonds. The van der Waals surface area contributed by atoms with Crippen LogP contribution < -0.4 is 10.9 Å². The Labute approximate surface area is 120 Å². The minimum absolute atomic E-state index is 0.0533. The molecular formula is C15H24N2O3. The van der Waals surface area contributed by atoms with Crippen LogP contribution in [0.3, 0.4) is 0 Å². The molecule has 0 aromatic carbocycles. The van der Waals surface area contributed by atoms with Gasteiger partial charge in [-0.05, 0) is 32.8 Å². The average molecular weight is 280 g/mol. The fraction of sp³-hybridized carbons (Fsp3) is 0.600. The van der Waals surface area contributed by atoms with E-state index in [9.17, 15) is 9.59 Å². The molecule has 5 nitrogen and oxygen atoms in total. The zero-order valence-corrected chi connectivity index (χ0v) is 12.7. The maximum absolute atomic E-state index is 12.0. The van der Waals surface area contributed by atoms with Gasteiger partial charge in [0.2, 0.25) is 5.91 Å². The Morgan fingerprint density at radius 3 is 2.45 bits per heavy atom. The van der Waals surface area contributed by atoms with Gasteiger partial charge in [0, 0.05) is 5.92 Å². The summed E-state index contributed by atoms with van der Waals surface area (Å²) in [7, 11) is 0. The molecule has 5 heteroatoms. The quantitative estimate of drug-likeness (QED) is 0.787.